The number of halogens is 2. The number of alkyl halides is 2. The number of urea groups is 1. The summed E-state index contributed by atoms with van der Waals surface area (Å²) in [5.74, 6) is -0.362. The SMILES string of the molecule is O=C1OCC2C1N(C(Br)c1ccccc1)C(=O)N2C(Br)c1ccccc1. The number of hydrogen-bond donors (Lipinski definition) is 0. The molecule has 7 heteroatoms. The maximum absolute atomic E-state index is 13.3. The van der Waals surface area contributed by atoms with Crippen LogP contribution in [0.25, 0.3) is 0 Å². The molecule has 0 N–H and O–H groups in total. The van der Waals surface area contributed by atoms with Gasteiger partial charge < -0.3 is 4.74 Å². The van der Waals surface area contributed by atoms with Crippen molar-refractivity contribution < 1.29 is 14.3 Å². The van der Waals surface area contributed by atoms with Gasteiger partial charge in [0.15, 0.2) is 6.04 Å². The van der Waals surface area contributed by atoms with E-state index in [1.807, 2.05) is 60.7 Å². The van der Waals surface area contributed by atoms with Crippen LogP contribution in [0.3, 0.4) is 0 Å². The molecule has 134 valence electrons. The predicted octanol–water partition coefficient (Wildman–Crippen LogP) is 4.21. The number of hydrogen-bond acceptors (Lipinski definition) is 3. The van der Waals surface area contributed by atoms with Gasteiger partial charge in [-0.25, -0.2) is 9.59 Å². The predicted molar refractivity (Wildman–Crippen MR) is 104 cm³/mol. The number of esters is 1. The minimum atomic E-state index is -0.629. The van der Waals surface area contributed by atoms with Crippen molar-refractivity contribution in [2.75, 3.05) is 6.61 Å². The zero-order valence-corrected chi connectivity index (χ0v) is 16.8. The van der Waals surface area contributed by atoms with Gasteiger partial charge in [0, 0.05) is 0 Å². The molecule has 0 aliphatic carbocycles. The Kier molecular flexibility index (Phi) is 4.75. The van der Waals surface area contributed by atoms with E-state index in [0.717, 1.165) is 11.1 Å². The third-order valence-corrected chi connectivity index (χ3v) is 6.68. The monoisotopic (exact) mass is 478 g/mol. The van der Waals surface area contributed by atoms with Gasteiger partial charge >= 0.3 is 12.0 Å². The Morgan fingerprint density at radius 2 is 1.35 bits per heavy atom. The molecule has 2 saturated heterocycles. The van der Waals surface area contributed by atoms with E-state index >= 15 is 0 Å². The molecule has 2 aliphatic rings. The molecule has 2 aliphatic heterocycles. The fraction of sp³-hybridized carbons (Fsp3) is 0.263. The highest BCUT2D eigenvalue weighted by Crippen LogP contribution is 2.43. The number of ether oxygens (including phenoxy) is 1. The van der Waals surface area contributed by atoms with Gasteiger partial charge in [-0.15, -0.1) is 0 Å². The Bertz CT molecular complexity index is 818. The molecule has 0 spiro atoms. The Labute approximate surface area is 168 Å². The second-order valence-electron chi connectivity index (χ2n) is 6.23. The highest BCUT2D eigenvalue weighted by molar-refractivity contribution is 9.09. The van der Waals surface area contributed by atoms with Gasteiger partial charge in [0.25, 0.3) is 0 Å². The van der Waals surface area contributed by atoms with Crippen LogP contribution in [-0.2, 0) is 9.53 Å². The van der Waals surface area contributed by atoms with Gasteiger partial charge in [0.1, 0.15) is 22.6 Å². The van der Waals surface area contributed by atoms with Gasteiger partial charge in [0.05, 0.1) is 0 Å². The fourth-order valence-electron chi connectivity index (χ4n) is 3.47. The van der Waals surface area contributed by atoms with E-state index in [9.17, 15) is 9.59 Å². The number of rotatable bonds is 4. The summed E-state index contributed by atoms with van der Waals surface area (Å²) in [4.78, 5) is 28.2. The average Bonchev–Trinajstić information content (AvgIpc) is 3.18. The van der Waals surface area contributed by atoms with E-state index in [4.69, 9.17) is 4.74 Å². The molecule has 4 atom stereocenters. The number of benzene rings is 2. The van der Waals surface area contributed by atoms with Crippen LogP contribution in [0.1, 0.15) is 21.0 Å². The van der Waals surface area contributed by atoms with Crippen LogP contribution in [0.5, 0.6) is 0 Å². The molecule has 0 bridgehead atoms. The minimum absolute atomic E-state index is 0.201. The van der Waals surface area contributed by atoms with Crippen LogP contribution in [0.4, 0.5) is 4.79 Å². The number of nitrogens with zero attached hydrogens (tertiary/aromatic N) is 2. The Morgan fingerprint density at radius 3 is 1.88 bits per heavy atom. The molecular weight excluding hydrogens is 464 g/mol. The van der Waals surface area contributed by atoms with Crippen molar-refractivity contribution in [2.24, 2.45) is 0 Å². The van der Waals surface area contributed by atoms with E-state index in [1.54, 1.807) is 9.80 Å². The topological polar surface area (TPSA) is 49.9 Å². The van der Waals surface area contributed by atoms with Gasteiger partial charge in [-0.2, -0.15) is 0 Å². The van der Waals surface area contributed by atoms with E-state index in [-0.39, 0.29) is 29.6 Å². The van der Waals surface area contributed by atoms with Crippen LogP contribution in [0.15, 0.2) is 60.7 Å². The molecule has 0 aromatic heterocycles. The van der Waals surface area contributed by atoms with Crippen molar-refractivity contribution in [2.45, 2.75) is 22.0 Å². The van der Waals surface area contributed by atoms with Crippen LogP contribution in [0, 0.1) is 0 Å². The standard InChI is InChI=1S/C19H16Br2N2O3/c20-16(12-7-3-1-4-8-12)22-14-11-26-18(24)15(14)23(19(22)25)17(21)13-9-5-2-6-10-13/h1-10,14-17H,11H2. The summed E-state index contributed by atoms with van der Waals surface area (Å²) in [6.45, 7) is 0.204. The first kappa shape index (κ1) is 17.5. The second-order valence-corrected chi connectivity index (χ2v) is 7.97. The number of amides is 2. The summed E-state index contributed by atoms with van der Waals surface area (Å²) in [6.07, 6.45) is 0. The highest BCUT2D eigenvalue weighted by atomic mass is 79.9. The summed E-state index contributed by atoms with van der Waals surface area (Å²) in [6, 6.07) is 18.1. The van der Waals surface area contributed by atoms with Crippen LogP contribution < -0.4 is 0 Å². The molecule has 4 rings (SSSR count). The summed E-state index contributed by atoms with van der Waals surface area (Å²) in [5.41, 5.74) is 1.86. The van der Waals surface area contributed by atoms with Crippen molar-refractivity contribution in [3.8, 4) is 0 Å². The van der Waals surface area contributed by atoms with E-state index in [0.29, 0.717) is 0 Å². The summed E-state index contributed by atoms with van der Waals surface area (Å²) in [5, 5.41) is 0. The van der Waals surface area contributed by atoms with Crippen molar-refractivity contribution >= 4 is 43.9 Å². The average molecular weight is 480 g/mol. The van der Waals surface area contributed by atoms with Gasteiger partial charge in [-0.05, 0) is 11.1 Å². The maximum atomic E-state index is 13.3. The lowest BCUT2D eigenvalue weighted by atomic mass is 10.1. The summed E-state index contributed by atoms with van der Waals surface area (Å²) >= 11 is 7.24. The first-order valence-electron chi connectivity index (χ1n) is 8.25. The Balaban J connectivity index is 1.70. The molecule has 2 fully saturated rings. The molecule has 4 unspecified atom stereocenters. The molecule has 0 saturated carbocycles. The second kappa shape index (κ2) is 7.04. The van der Waals surface area contributed by atoms with Gasteiger partial charge in [-0.3, -0.25) is 9.80 Å². The van der Waals surface area contributed by atoms with Gasteiger partial charge in [0.2, 0.25) is 0 Å². The Morgan fingerprint density at radius 1 is 0.846 bits per heavy atom. The first-order chi connectivity index (χ1) is 12.6. The van der Waals surface area contributed by atoms with Crippen molar-refractivity contribution in [1.29, 1.82) is 0 Å². The quantitative estimate of drug-likeness (QED) is 0.375. The third-order valence-electron chi connectivity index (χ3n) is 4.74. The lowest BCUT2D eigenvalue weighted by Crippen LogP contribution is -2.40. The molecular formula is C19H16Br2N2O3. The highest BCUT2D eigenvalue weighted by Gasteiger charge is 2.57. The third kappa shape index (κ3) is 2.83. The molecule has 2 aromatic carbocycles. The lowest BCUT2D eigenvalue weighted by molar-refractivity contribution is -0.141. The summed E-state index contributed by atoms with van der Waals surface area (Å²) in [7, 11) is 0. The number of cyclic esters (lactones) is 1. The molecule has 2 amide bonds. The van der Waals surface area contributed by atoms with Crippen molar-refractivity contribution in [1.82, 2.24) is 9.80 Å². The molecule has 5 nitrogen and oxygen atoms in total. The largest absolute Gasteiger partial charge is 0.462 e. The van der Waals surface area contributed by atoms with Crippen LogP contribution >= 0.6 is 31.9 Å². The molecule has 0 radical (unpaired) electrons. The zero-order valence-electron chi connectivity index (χ0n) is 13.7. The molecule has 26 heavy (non-hydrogen) atoms. The Hall–Kier alpha value is -1.86. The van der Waals surface area contributed by atoms with E-state index in [1.165, 1.54) is 0 Å². The number of carbonyl (C=O) groups excluding carboxylic acids is 2. The fourth-order valence-corrected chi connectivity index (χ4v) is 4.99. The van der Waals surface area contributed by atoms with Crippen molar-refractivity contribution in [3.63, 3.8) is 0 Å². The number of fused-ring (bicyclic) bond motifs is 1. The van der Waals surface area contributed by atoms with Crippen LogP contribution in [-0.4, -0.2) is 40.5 Å². The number of carbonyl (C=O) groups is 2. The van der Waals surface area contributed by atoms with E-state index in [2.05, 4.69) is 31.9 Å². The molecule has 2 aromatic rings. The minimum Gasteiger partial charge on any atom is -0.462 e. The zero-order chi connectivity index (χ0) is 18.3. The lowest BCUT2D eigenvalue weighted by Gasteiger charge is -2.29. The first-order valence-corrected chi connectivity index (χ1v) is 10.1. The smallest absolute Gasteiger partial charge is 0.331 e. The van der Waals surface area contributed by atoms with Crippen LogP contribution in [0.2, 0.25) is 0 Å². The molecule has 2 heterocycles. The van der Waals surface area contributed by atoms with Crippen molar-refractivity contribution in [3.05, 3.63) is 71.8 Å². The van der Waals surface area contributed by atoms with E-state index < -0.39 is 11.0 Å². The normalized spacial score (nSPS) is 24.4. The van der Waals surface area contributed by atoms with Gasteiger partial charge in [-0.1, -0.05) is 92.5 Å². The maximum Gasteiger partial charge on any atom is 0.331 e. The summed E-state index contributed by atoms with van der Waals surface area (Å²) < 4.78 is 5.28.